The molecular weight excluding hydrogens is 877 g/mol. The molecule has 0 saturated heterocycles. The molecule has 0 aliphatic rings. The van der Waals surface area contributed by atoms with Crippen LogP contribution in [0.15, 0.2) is 12.2 Å². The van der Waals surface area contributed by atoms with Crippen LogP contribution in [0.5, 0.6) is 0 Å². The van der Waals surface area contributed by atoms with Crippen LogP contribution in [0.25, 0.3) is 0 Å². The van der Waals surface area contributed by atoms with E-state index in [1.54, 1.807) is 0 Å². The first-order chi connectivity index (χ1) is 35.0. The summed E-state index contributed by atoms with van der Waals surface area (Å²) >= 11 is 0. The molecule has 6 heteroatoms. The third-order valence-corrected chi connectivity index (χ3v) is 14.8. The second kappa shape index (κ2) is 60.7. The lowest BCUT2D eigenvalue weighted by Crippen LogP contribution is -2.30. The molecule has 0 bridgehead atoms. The molecule has 0 saturated carbocycles. The van der Waals surface area contributed by atoms with Gasteiger partial charge in [-0.25, -0.2) is 0 Å². The molecule has 1 unspecified atom stereocenters. The number of hydrogen-bond donors (Lipinski definition) is 0. The van der Waals surface area contributed by atoms with E-state index in [-0.39, 0.29) is 31.1 Å². The van der Waals surface area contributed by atoms with Gasteiger partial charge in [0, 0.05) is 19.3 Å². The molecule has 0 aliphatic heterocycles. The number of hydrogen-bond acceptors (Lipinski definition) is 6. The standard InChI is InChI=1S/C65H124O6/c1-4-7-10-13-16-19-22-25-27-29-31-32-33-34-35-37-38-40-43-46-49-52-55-58-64(67)70-61-62(60-69-63(66)57-54-51-48-45-42-24-21-18-15-12-9-6-3)71-65(68)59-56-53-50-47-44-41-39-36-30-28-26-23-20-17-14-11-8-5-2/h28,30,62H,4-27,29,31-61H2,1-3H3/b30-28-. The molecule has 0 rings (SSSR count). The lowest BCUT2D eigenvalue weighted by atomic mass is 10.0. The van der Waals surface area contributed by atoms with Gasteiger partial charge in [0.15, 0.2) is 6.10 Å². The smallest absolute Gasteiger partial charge is 0.306 e. The molecule has 0 spiro atoms. The van der Waals surface area contributed by atoms with Crippen molar-refractivity contribution in [3.63, 3.8) is 0 Å². The summed E-state index contributed by atoms with van der Waals surface area (Å²) in [6.45, 7) is 6.70. The van der Waals surface area contributed by atoms with Gasteiger partial charge in [-0.1, -0.05) is 315 Å². The minimum absolute atomic E-state index is 0.0653. The van der Waals surface area contributed by atoms with Gasteiger partial charge in [0.2, 0.25) is 0 Å². The highest BCUT2D eigenvalue weighted by Crippen LogP contribution is 2.18. The van der Waals surface area contributed by atoms with Gasteiger partial charge in [-0.3, -0.25) is 14.4 Å². The van der Waals surface area contributed by atoms with Crippen LogP contribution in [0.1, 0.15) is 367 Å². The topological polar surface area (TPSA) is 78.9 Å². The maximum atomic E-state index is 12.9. The summed E-state index contributed by atoms with van der Waals surface area (Å²) in [6, 6.07) is 0. The Balaban J connectivity index is 4.22. The Kier molecular flexibility index (Phi) is 59.1. The first-order valence-corrected chi connectivity index (χ1v) is 32.2. The van der Waals surface area contributed by atoms with Crippen molar-refractivity contribution in [3.8, 4) is 0 Å². The summed E-state index contributed by atoms with van der Waals surface area (Å²) < 4.78 is 16.9. The van der Waals surface area contributed by atoms with Crippen LogP contribution >= 0.6 is 0 Å². The predicted molar refractivity (Wildman–Crippen MR) is 307 cm³/mol. The van der Waals surface area contributed by atoms with Crippen LogP contribution in [0.4, 0.5) is 0 Å². The lowest BCUT2D eigenvalue weighted by Gasteiger charge is -2.18. The molecule has 6 nitrogen and oxygen atoms in total. The first kappa shape index (κ1) is 69.2. The molecule has 0 radical (unpaired) electrons. The van der Waals surface area contributed by atoms with Crippen molar-refractivity contribution in [1.29, 1.82) is 0 Å². The number of carbonyl (C=O) groups excluding carboxylic acids is 3. The lowest BCUT2D eigenvalue weighted by molar-refractivity contribution is -0.167. The van der Waals surface area contributed by atoms with Crippen LogP contribution in [-0.4, -0.2) is 37.2 Å². The number of unbranched alkanes of at least 4 members (excludes halogenated alkanes) is 47. The van der Waals surface area contributed by atoms with Crippen molar-refractivity contribution in [2.45, 2.75) is 374 Å². The summed E-state index contributed by atoms with van der Waals surface area (Å²) in [5.41, 5.74) is 0. The highest BCUT2D eigenvalue weighted by atomic mass is 16.6. The molecule has 0 aromatic heterocycles. The van der Waals surface area contributed by atoms with E-state index in [0.717, 1.165) is 57.8 Å². The van der Waals surface area contributed by atoms with Crippen molar-refractivity contribution >= 4 is 17.9 Å². The third kappa shape index (κ3) is 58.9. The number of allylic oxidation sites excluding steroid dienone is 2. The number of esters is 3. The molecule has 0 fully saturated rings. The highest BCUT2D eigenvalue weighted by Gasteiger charge is 2.19. The third-order valence-electron chi connectivity index (χ3n) is 14.8. The van der Waals surface area contributed by atoms with E-state index in [1.165, 1.54) is 270 Å². The zero-order valence-electron chi connectivity index (χ0n) is 48.3. The molecule has 71 heavy (non-hydrogen) atoms. The van der Waals surface area contributed by atoms with E-state index < -0.39 is 6.10 Å². The fourth-order valence-corrected chi connectivity index (χ4v) is 9.91. The van der Waals surface area contributed by atoms with E-state index in [0.29, 0.717) is 19.3 Å². The Morgan fingerprint density at radius 1 is 0.268 bits per heavy atom. The SMILES string of the molecule is CCCCCCCCC/C=C\CCCCCCCCCC(=O)OC(COC(=O)CCCCCCCCCCCCCC)COC(=O)CCCCCCCCCCCCCCCCCCCCCCCCC. The quantitative estimate of drug-likeness (QED) is 0.0261. The predicted octanol–water partition coefficient (Wildman–Crippen LogP) is 21.7. The molecule has 0 aromatic carbocycles. The van der Waals surface area contributed by atoms with Crippen molar-refractivity contribution in [3.05, 3.63) is 12.2 Å². The Morgan fingerprint density at radius 3 is 0.704 bits per heavy atom. The minimum atomic E-state index is -0.767. The average Bonchev–Trinajstić information content (AvgIpc) is 3.37. The van der Waals surface area contributed by atoms with E-state index in [9.17, 15) is 14.4 Å². The van der Waals surface area contributed by atoms with Crippen LogP contribution in [0.2, 0.25) is 0 Å². The highest BCUT2D eigenvalue weighted by molar-refractivity contribution is 5.71. The Hall–Kier alpha value is -1.85. The van der Waals surface area contributed by atoms with Crippen molar-refractivity contribution in [1.82, 2.24) is 0 Å². The van der Waals surface area contributed by atoms with Gasteiger partial charge in [-0.15, -0.1) is 0 Å². The van der Waals surface area contributed by atoms with Gasteiger partial charge in [-0.05, 0) is 44.9 Å². The summed E-state index contributed by atoms with van der Waals surface area (Å²) in [7, 11) is 0. The van der Waals surface area contributed by atoms with Gasteiger partial charge < -0.3 is 14.2 Å². The summed E-state index contributed by atoms with van der Waals surface area (Å²) in [5, 5.41) is 0. The summed E-state index contributed by atoms with van der Waals surface area (Å²) in [4.78, 5) is 38.2. The van der Waals surface area contributed by atoms with E-state index in [2.05, 4.69) is 32.9 Å². The maximum absolute atomic E-state index is 12.9. The van der Waals surface area contributed by atoms with Gasteiger partial charge in [0.1, 0.15) is 13.2 Å². The Labute approximate surface area is 443 Å². The van der Waals surface area contributed by atoms with Crippen LogP contribution < -0.4 is 0 Å². The second-order valence-electron chi connectivity index (χ2n) is 22.0. The summed E-state index contributed by atoms with van der Waals surface area (Å²) in [5.74, 6) is -0.841. The molecule has 0 heterocycles. The molecule has 420 valence electrons. The maximum Gasteiger partial charge on any atom is 0.306 e. The second-order valence-corrected chi connectivity index (χ2v) is 22.0. The monoisotopic (exact) mass is 1000 g/mol. The fourth-order valence-electron chi connectivity index (χ4n) is 9.91. The van der Waals surface area contributed by atoms with E-state index in [4.69, 9.17) is 14.2 Å². The average molecular weight is 1000 g/mol. The van der Waals surface area contributed by atoms with Crippen molar-refractivity contribution in [2.24, 2.45) is 0 Å². The fraction of sp³-hybridized carbons (Fsp3) is 0.923. The molecule has 0 amide bonds. The molecule has 0 aromatic rings. The van der Waals surface area contributed by atoms with Crippen molar-refractivity contribution in [2.75, 3.05) is 13.2 Å². The zero-order valence-corrected chi connectivity index (χ0v) is 48.3. The van der Waals surface area contributed by atoms with Crippen LogP contribution in [0, 0.1) is 0 Å². The Morgan fingerprint density at radius 2 is 0.465 bits per heavy atom. The van der Waals surface area contributed by atoms with E-state index in [1.807, 2.05) is 0 Å². The summed E-state index contributed by atoms with van der Waals surface area (Å²) in [6.07, 6.45) is 70.8. The van der Waals surface area contributed by atoms with Crippen LogP contribution in [0.3, 0.4) is 0 Å². The normalized spacial score (nSPS) is 12.0. The zero-order chi connectivity index (χ0) is 51.4. The Bertz CT molecular complexity index is 1100. The number of ether oxygens (including phenoxy) is 3. The van der Waals surface area contributed by atoms with Gasteiger partial charge in [-0.2, -0.15) is 0 Å². The number of rotatable bonds is 60. The van der Waals surface area contributed by atoms with Gasteiger partial charge >= 0.3 is 17.9 Å². The molecule has 0 aliphatic carbocycles. The molecule has 0 N–H and O–H groups in total. The number of carbonyl (C=O) groups is 3. The first-order valence-electron chi connectivity index (χ1n) is 32.2. The van der Waals surface area contributed by atoms with Crippen LogP contribution in [-0.2, 0) is 28.6 Å². The molecule has 1 atom stereocenters. The van der Waals surface area contributed by atoms with Crippen molar-refractivity contribution < 1.29 is 28.6 Å². The van der Waals surface area contributed by atoms with Gasteiger partial charge in [0.05, 0.1) is 0 Å². The van der Waals surface area contributed by atoms with Gasteiger partial charge in [0.25, 0.3) is 0 Å². The largest absolute Gasteiger partial charge is 0.462 e. The van der Waals surface area contributed by atoms with E-state index >= 15 is 0 Å². The molecular formula is C65H124O6. The minimum Gasteiger partial charge on any atom is -0.462 e.